The summed E-state index contributed by atoms with van der Waals surface area (Å²) in [6.07, 6.45) is 2.66. The Kier molecular flexibility index (Phi) is 6.62. The van der Waals surface area contributed by atoms with E-state index in [0.717, 1.165) is 6.08 Å². The Bertz CT molecular complexity index is 916. The van der Waals surface area contributed by atoms with Crippen LogP contribution in [0.1, 0.15) is 5.56 Å². The maximum atomic E-state index is 12.4. The van der Waals surface area contributed by atoms with E-state index in [4.69, 9.17) is 14.2 Å². The topological polar surface area (TPSA) is 83.1 Å². The van der Waals surface area contributed by atoms with Crippen molar-refractivity contribution in [2.75, 3.05) is 25.1 Å². The molecule has 0 atom stereocenters. The van der Waals surface area contributed by atoms with Crippen LogP contribution in [0, 0.1) is 0 Å². The summed E-state index contributed by atoms with van der Waals surface area (Å²) in [5.74, 6) is -0.427. The van der Waals surface area contributed by atoms with Gasteiger partial charge in [-0.3, -0.25) is 4.79 Å². The molecule has 0 saturated carbocycles. The second kappa shape index (κ2) is 9.54. The largest absolute Gasteiger partial charge is 0.486 e. The van der Waals surface area contributed by atoms with E-state index < -0.39 is 25.1 Å². The quantitative estimate of drug-likeness (QED) is 0.563. The molecule has 0 spiro atoms. The molecule has 0 saturated heterocycles. The molecule has 0 aliphatic carbocycles. The van der Waals surface area contributed by atoms with E-state index in [2.05, 4.69) is 10.1 Å². The Morgan fingerprint density at radius 3 is 2.66 bits per heavy atom. The number of fused-ring (bicyclic) bond motifs is 1. The van der Waals surface area contributed by atoms with Crippen LogP contribution in [-0.2, 0) is 14.3 Å². The molecular formula is C20H17F2NO6. The number of rotatable bonds is 7. The van der Waals surface area contributed by atoms with Crippen molar-refractivity contribution in [3.63, 3.8) is 0 Å². The summed E-state index contributed by atoms with van der Waals surface area (Å²) >= 11 is 0. The van der Waals surface area contributed by atoms with Gasteiger partial charge in [-0.25, -0.2) is 4.79 Å². The summed E-state index contributed by atoms with van der Waals surface area (Å²) in [5, 5.41) is 2.35. The fourth-order valence-electron chi connectivity index (χ4n) is 2.47. The summed E-state index contributed by atoms with van der Waals surface area (Å²) in [6.45, 7) is -2.69. The predicted octanol–water partition coefficient (Wildman–Crippen LogP) is 3.25. The van der Waals surface area contributed by atoms with Crippen LogP contribution in [0.2, 0.25) is 0 Å². The summed E-state index contributed by atoms with van der Waals surface area (Å²) in [4.78, 5) is 23.7. The highest BCUT2D eigenvalue weighted by molar-refractivity contribution is 5.95. The van der Waals surface area contributed by atoms with Gasteiger partial charge in [-0.1, -0.05) is 18.2 Å². The number of halogens is 2. The van der Waals surface area contributed by atoms with Gasteiger partial charge in [0.25, 0.3) is 5.91 Å². The standard InChI is InChI=1S/C20H17F2NO6/c21-20(22)29-15-4-2-1-3-14(15)23-18(24)12-28-19(25)8-6-13-5-7-16-17(11-13)27-10-9-26-16/h1-8,11,20H,9-10,12H2,(H,23,24)/b8-6+. The summed E-state index contributed by atoms with van der Waals surface area (Å²) in [5.41, 5.74) is 0.731. The van der Waals surface area contributed by atoms with E-state index >= 15 is 0 Å². The third-order valence-electron chi connectivity index (χ3n) is 3.70. The highest BCUT2D eigenvalue weighted by atomic mass is 19.3. The third-order valence-corrected chi connectivity index (χ3v) is 3.70. The lowest BCUT2D eigenvalue weighted by molar-refractivity contribution is -0.142. The van der Waals surface area contributed by atoms with Crippen LogP contribution in [0.25, 0.3) is 6.08 Å². The lowest BCUT2D eigenvalue weighted by Crippen LogP contribution is -2.20. The third kappa shape index (κ3) is 5.93. The second-order valence-corrected chi connectivity index (χ2v) is 5.77. The molecule has 0 bridgehead atoms. The molecule has 2 aromatic rings. The Balaban J connectivity index is 1.50. The van der Waals surface area contributed by atoms with Crippen LogP contribution in [0.4, 0.5) is 14.5 Å². The fraction of sp³-hybridized carbons (Fsp3) is 0.200. The van der Waals surface area contributed by atoms with Gasteiger partial charge in [0.2, 0.25) is 0 Å². The highest BCUT2D eigenvalue weighted by Gasteiger charge is 2.13. The van der Waals surface area contributed by atoms with E-state index in [9.17, 15) is 18.4 Å². The number of anilines is 1. The number of para-hydroxylation sites is 2. The fourth-order valence-corrected chi connectivity index (χ4v) is 2.47. The number of nitrogens with one attached hydrogen (secondary N) is 1. The van der Waals surface area contributed by atoms with Crippen molar-refractivity contribution in [3.05, 3.63) is 54.1 Å². The van der Waals surface area contributed by atoms with Crippen molar-refractivity contribution in [2.24, 2.45) is 0 Å². The molecule has 0 radical (unpaired) electrons. The molecule has 9 heteroatoms. The minimum absolute atomic E-state index is 0.0423. The molecule has 1 aliphatic rings. The van der Waals surface area contributed by atoms with E-state index in [1.165, 1.54) is 30.3 Å². The second-order valence-electron chi connectivity index (χ2n) is 5.77. The van der Waals surface area contributed by atoms with Crippen molar-refractivity contribution in [1.29, 1.82) is 0 Å². The summed E-state index contributed by atoms with van der Waals surface area (Å²) < 4.78 is 44.8. The number of carbonyl (C=O) groups excluding carboxylic acids is 2. The number of ether oxygens (including phenoxy) is 4. The van der Waals surface area contributed by atoms with Crippen LogP contribution in [0.5, 0.6) is 17.2 Å². The van der Waals surface area contributed by atoms with E-state index in [1.54, 1.807) is 18.2 Å². The molecule has 1 aliphatic heterocycles. The van der Waals surface area contributed by atoms with Crippen molar-refractivity contribution in [2.45, 2.75) is 6.61 Å². The predicted molar refractivity (Wildman–Crippen MR) is 99.1 cm³/mol. The highest BCUT2D eigenvalue weighted by Crippen LogP contribution is 2.31. The van der Waals surface area contributed by atoms with Gasteiger partial charge in [-0.05, 0) is 35.9 Å². The van der Waals surface area contributed by atoms with Gasteiger partial charge in [0, 0.05) is 6.08 Å². The van der Waals surface area contributed by atoms with Crippen molar-refractivity contribution >= 4 is 23.6 Å². The Hall–Kier alpha value is -3.62. The maximum Gasteiger partial charge on any atom is 0.387 e. The average molecular weight is 405 g/mol. The summed E-state index contributed by atoms with van der Waals surface area (Å²) in [7, 11) is 0. The van der Waals surface area contributed by atoms with Crippen LogP contribution in [0.15, 0.2) is 48.5 Å². The van der Waals surface area contributed by atoms with Gasteiger partial charge in [0.15, 0.2) is 18.1 Å². The van der Waals surface area contributed by atoms with Crippen LogP contribution in [-0.4, -0.2) is 38.3 Å². The number of amides is 1. The number of carbonyl (C=O) groups is 2. The average Bonchev–Trinajstić information content (AvgIpc) is 2.71. The van der Waals surface area contributed by atoms with Crippen LogP contribution in [0.3, 0.4) is 0 Å². The Morgan fingerprint density at radius 1 is 1.10 bits per heavy atom. The number of hydrogen-bond donors (Lipinski definition) is 1. The monoisotopic (exact) mass is 405 g/mol. The lowest BCUT2D eigenvalue weighted by atomic mass is 10.2. The zero-order valence-corrected chi connectivity index (χ0v) is 15.1. The maximum absolute atomic E-state index is 12.4. The smallest absolute Gasteiger partial charge is 0.387 e. The zero-order chi connectivity index (χ0) is 20.6. The molecule has 29 heavy (non-hydrogen) atoms. The molecule has 0 aromatic heterocycles. The van der Waals surface area contributed by atoms with Gasteiger partial charge in [-0.2, -0.15) is 8.78 Å². The van der Waals surface area contributed by atoms with E-state index in [0.29, 0.717) is 30.3 Å². The first-order valence-corrected chi connectivity index (χ1v) is 8.59. The molecule has 0 unspecified atom stereocenters. The lowest BCUT2D eigenvalue weighted by Gasteiger charge is -2.18. The number of esters is 1. The minimum atomic E-state index is -3.03. The molecule has 2 aromatic carbocycles. The van der Waals surface area contributed by atoms with Crippen LogP contribution >= 0.6 is 0 Å². The number of hydrogen-bond acceptors (Lipinski definition) is 6. The van der Waals surface area contributed by atoms with E-state index in [-0.39, 0.29) is 11.4 Å². The molecule has 1 N–H and O–H groups in total. The first-order chi connectivity index (χ1) is 14.0. The Morgan fingerprint density at radius 2 is 1.86 bits per heavy atom. The van der Waals surface area contributed by atoms with Crippen molar-refractivity contribution in [1.82, 2.24) is 0 Å². The Labute approximate surface area is 164 Å². The normalized spacial score (nSPS) is 12.7. The zero-order valence-electron chi connectivity index (χ0n) is 15.1. The number of benzene rings is 2. The number of alkyl halides is 2. The summed E-state index contributed by atoms with van der Waals surface area (Å²) in [6, 6.07) is 10.9. The van der Waals surface area contributed by atoms with Gasteiger partial charge in [-0.15, -0.1) is 0 Å². The van der Waals surface area contributed by atoms with E-state index in [1.807, 2.05) is 0 Å². The van der Waals surface area contributed by atoms with Gasteiger partial charge < -0.3 is 24.3 Å². The van der Waals surface area contributed by atoms with Gasteiger partial charge in [0.05, 0.1) is 5.69 Å². The van der Waals surface area contributed by atoms with Crippen LogP contribution < -0.4 is 19.5 Å². The first-order valence-electron chi connectivity index (χ1n) is 8.59. The van der Waals surface area contributed by atoms with Gasteiger partial charge in [0.1, 0.15) is 19.0 Å². The van der Waals surface area contributed by atoms with Gasteiger partial charge >= 0.3 is 12.6 Å². The molecule has 0 fully saturated rings. The van der Waals surface area contributed by atoms with Crippen molar-refractivity contribution in [3.8, 4) is 17.2 Å². The first kappa shape index (κ1) is 20.1. The molecule has 7 nitrogen and oxygen atoms in total. The molecular weight excluding hydrogens is 388 g/mol. The molecule has 152 valence electrons. The molecule has 1 amide bonds. The molecule has 1 heterocycles. The molecule has 3 rings (SSSR count). The van der Waals surface area contributed by atoms with Crippen molar-refractivity contribution < 1.29 is 37.3 Å². The minimum Gasteiger partial charge on any atom is -0.486 e. The SMILES string of the molecule is O=C(COC(=O)/C=C/c1ccc2c(c1)OCCO2)Nc1ccccc1OC(F)F.